The number of aryl methyl sites for hydroxylation is 1. The lowest BCUT2D eigenvalue weighted by Crippen LogP contribution is -2.35. The first kappa shape index (κ1) is 8.42. The zero-order chi connectivity index (χ0) is 9.47. The number of benzene rings is 1. The molecule has 1 aromatic rings. The third-order valence-electron chi connectivity index (χ3n) is 2.67. The van der Waals surface area contributed by atoms with Gasteiger partial charge in [-0.15, -0.1) is 0 Å². The van der Waals surface area contributed by atoms with E-state index < -0.39 is 0 Å². The highest BCUT2D eigenvalue weighted by Crippen LogP contribution is 2.34. The van der Waals surface area contributed by atoms with E-state index in [1.54, 1.807) is 0 Å². The lowest BCUT2D eigenvalue weighted by atomic mass is 9.89. The third kappa shape index (κ3) is 1.48. The van der Waals surface area contributed by atoms with Crippen molar-refractivity contribution in [2.75, 3.05) is 11.1 Å². The Balaban J connectivity index is 2.44. The molecule has 0 fully saturated rings. The summed E-state index contributed by atoms with van der Waals surface area (Å²) in [5.74, 6) is 0. The summed E-state index contributed by atoms with van der Waals surface area (Å²) >= 11 is 0. The number of hydrogen-bond acceptors (Lipinski definition) is 2. The second-order valence-electron chi connectivity index (χ2n) is 4.39. The Labute approximate surface area is 79.1 Å². The first-order valence-corrected chi connectivity index (χ1v) is 4.74. The molecule has 0 bridgehead atoms. The molecule has 0 spiro atoms. The number of fused-ring (bicyclic) bond motifs is 1. The van der Waals surface area contributed by atoms with Gasteiger partial charge in [-0.3, -0.25) is 0 Å². The fourth-order valence-corrected chi connectivity index (χ4v) is 1.83. The van der Waals surface area contributed by atoms with Gasteiger partial charge in [0.05, 0.1) is 11.4 Å². The maximum absolute atomic E-state index is 5.90. The molecule has 1 aliphatic rings. The third-order valence-corrected chi connectivity index (χ3v) is 2.67. The van der Waals surface area contributed by atoms with Gasteiger partial charge in [-0.05, 0) is 38.3 Å². The van der Waals surface area contributed by atoms with Gasteiger partial charge in [0.25, 0.3) is 0 Å². The minimum absolute atomic E-state index is 0.183. The molecule has 0 aliphatic carbocycles. The highest BCUT2D eigenvalue weighted by Gasteiger charge is 2.24. The van der Waals surface area contributed by atoms with Gasteiger partial charge < -0.3 is 11.1 Å². The van der Waals surface area contributed by atoms with Crippen LogP contribution in [0.5, 0.6) is 0 Å². The Morgan fingerprint density at radius 1 is 1.38 bits per heavy atom. The second-order valence-corrected chi connectivity index (χ2v) is 4.39. The van der Waals surface area contributed by atoms with E-state index in [9.17, 15) is 0 Å². The lowest BCUT2D eigenvalue weighted by Gasteiger charge is -2.34. The van der Waals surface area contributed by atoms with Gasteiger partial charge in [0.1, 0.15) is 0 Å². The second kappa shape index (κ2) is 2.66. The van der Waals surface area contributed by atoms with Crippen molar-refractivity contribution in [3.8, 4) is 0 Å². The molecule has 1 aliphatic heterocycles. The lowest BCUT2D eigenvalue weighted by molar-refractivity contribution is 0.503. The standard InChI is InChI=1S/C11H16N2/c1-11(2)7-6-8-4-3-5-9(12)10(8)13-11/h3-5,13H,6-7,12H2,1-2H3. The molecule has 2 rings (SSSR count). The van der Waals surface area contributed by atoms with Gasteiger partial charge in [0.2, 0.25) is 0 Å². The maximum Gasteiger partial charge on any atom is 0.0610 e. The smallest absolute Gasteiger partial charge is 0.0610 e. The molecule has 2 heteroatoms. The Bertz CT molecular complexity index is 329. The summed E-state index contributed by atoms with van der Waals surface area (Å²) in [5.41, 5.74) is 9.43. The normalized spacial score (nSPS) is 18.9. The van der Waals surface area contributed by atoms with Crippen LogP contribution in [0.4, 0.5) is 11.4 Å². The number of rotatable bonds is 0. The van der Waals surface area contributed by atoms with Gasteiger partial charge in [-0.2, -0.15) is 0 Å². The van der Waals surface area contributed by atoms with Crippen LogP contribution in [0.25, 0.3) is 0 Å². The van der Waals surface area contributed by atoms with Crippen molar-refractivity contribution in [2.45, 2.75) is 32.2 Å². The van der Waals surface area contributed by atoms with E-state index in [1.807, 2.05) is 12.1 Å². The molecule has 3 N–H and O–H groups in total. The van der Waals surface area contributed by atoms with E-state index in [2.05, 4.69) is 25.2 Å². The minimum atomic E-state index is 0.183. The molecule has 13 heavy (non-hydrogen) atoms. The molecule has 2 nitrogen and oxygen atoms in total. The number of hydrogen-bond donors (Lipinski definition) is 2. The Hall–Kier alpha value is -1.18. The highest BCUT2D eigenvalue weighted by molar-refractivity contribution is 5.72. The zero-order valence-electron chi connectivity index (χ0n) is 8.22. The Kier molecular flexibility index (Phi) is 1.72. The van der Waals surface area contributed by atoms with Crippen LogP contribution in [0.15, 0.2) is 18.2 Å². The van der Waals surface area contributed by atoms with Crippen LogP contribution in [0.1, 0.15) is 25.8 Å². The molecule has 0 aromatic heterocycles. The van der Waals surface area contributed by atoms with E-state index in [0.717, 1.165) is 17.8 Å². The van der Waals surface area contributed by atoms with Crippen molar-refractivity contribution >= 4 is 11.4 Å². The molecule has 1 heterocycles. The first-order valence-electron chi connectivity index (χ1n) is 4.74. The molecule has 0 saturated carbocycles. The van der Waals surface area contributed by atoms with E-state index in [0.29, 0.717) is 0 Å². The average Bonchev–Trinajstić information content (AvgIpc) is 2.06. The molecule has 0 radical (unpaired) electrons. The topological polar surface area (TPSA) is 38.0 Å². The summed E-state index contributed by atoms with van der Waals surface area (Å²) in [4.78, 5) is 0. The summed E-state index contributed by atoms with van der Waals surface area (Å²) in [7, 11) is 0. The van der Waals surface area contributed by atoms with Gasteiger partial charge in [0, 0.05) is 5.54 Å². The van der Waals surface area contributed by atoms with Crippen LogP contribution in [-0.4, -0.2) is 5.54 Å². The molecule has 70 valence electrons. The van der Waals surface area contributed by atoms with Crippen molar-refractivity contribution in [1.29, 1.82) is 0 Å². The van der Waals surface area contributed by atoms with Crippen LogP contribution < -0.4 is 11.1 Å². The van der Waals surface area contributed by atoms with E-state index in [4.69, 9.17) is 5.73 Å². The zero-order valence-corrected chi connectivity index (χ0v) is 8.22. The van der Waals surface area contributed by atoms with Crippen LogP contribution in [0, 0.1) is 0 Å². The van der Waals surface area contributed by atoms with Crippen LogP contribution in [0.3, 0.4) is 0 Å². The number of para-hydroxylation sites is 1. The molecule has 0 atom stereocenters. The van der Waals surface area contributed by atoms with Crippen molar-refractivity contribution < 1.29 is 0 Å². The maximum atomic E-state index is 5.90. The Morgan fingerprint density at radius 3 is 2.92 bits per heavy atom. The highest BCUT2D eigenvalue weighted by atomic mass is 15.0. The molecular formula is C11H16N2. The van der Waals surface area contributed by atoms with Crippen molar-refractivity contribution in [1.82, 2.24) is 0 Å². The molecule has 0 saturated heterocycles. The van der Waals surface area contributed by atoms with Gasteiger partial charge in [-0.25, -0.2) is 0 Å². The van der Waals surface area contributed by atoms with E-state index >= 15 is 0 Å². The molecule has 0 amide bonds. The van der Waals surface area contributed by atoms with Crippen LogP contribution in [0.2, 0.25) is 0 Å². The van der Waals surface area contributed by atoms with Crippen molar-refractivity contribution in [2.24, 2.45) is 0 Å². The quantitative estimate of drug-likeness (QED) is 0.596. The largest absolute Gasteiger partial charge is 0.397 e. The summed E-state index contributed by atoms with van der Waals surface area (Å²) in [5, 5.41) is 3.48. The minimum Gasteiger partial charge on any atom is -0.397 e. The summed E-state index contributed by atoms with van der Waals surface area (Å²) < 4.78 is 0. The van der Waals surface area contributed by atoms with E-state index in [-0.39, 0.29) is 5.54 Å². The van der Waals surface area contributed by atoms with Crippen molar-refractivity contribution in [3.05, 3.63) is 23.8 Å². The van der Waals surface area contributed by atoms with Crippen LogP contribution in [-0.2, 0) is 6.42 Å². The monoisotopic (exact) mass is 176 g/mol. The average molecular weight is 176 g/mol. The van der Waals surface area contributed by atoms with Gasteiger partial charge in [-0.1, -0.05) is 12.1 Å². The number of nitrogens with one attached hydrogen (secondary N) is 1. The summed E-state index contributed by atoms with van der Waals surface area (Å²) in [6, 6.07) is 6.12. The predicted octanol–water partition coefficient (Wildman–Crippen LogP) is 2.41. The fourth-order valence-electron chi connectivity index (χ4n) is 1.83. The SMILES string of the molecule is CC1(C)CCc2cccc(N)c2N1. The predicted molar refractivity (Wildman–Crippen MR) is 56.9 cm³/mol. The molecule has 1 aromatic carbocycles. The van der Waals surface area contributed by atoms with Crippen molar-refractivity contribution in [3.63, 3.8) is 0 Å². The van der Waals surface area contributed by atoms with Gasteiger partial charge in [0.15, 0.2) is 0 Å². The molecular weight excluding hydrogens is 160 g/mol. The van der Waals surface area contributed by atoms with Crippen LogP contribution >= 0.6 is 0 Å². The summed E-state index contributed by atoms with van der Waals surface area (Å²) in [6.07, 6.45) is 2.30. The first-order chi connectivity index (χ1) is 6.08. The number of nitrogens with two attached hydrogens (primary N) is 1. The fraction of sp³-hybridized carbons (Fsp3) is 0.455. The van der Waals surface area contributed by atoms with Gasteiger partial charge >= 0.3 is 0 Å². The summed E-state index contributed by atoms with van der Waals surface area (Å²) in [6.45, 7) is 4.42. The number of anilines is 2. The number of nitrogen functional groups attached to an aromatic ring is 1. The molecule has 0 unspecified atom stereocenters. The van der Waals surface area contributed by atoms with E-state index in [1.165, 1.54) is 12.0 Å². The Morgan fingerprint density at radius 2 is 2.15 bits per heavy atom.